The highest BCUT2D eigenvalue weighted by atomic mass is 16.5. The summed E-state index contributed by atoms with van der Waals surface area (Å²) in [6.07, 6.45) is 0. The van der Waals surface area contributed by atoms with Gasteiger partial charge in [-0.15, -0.1) is 0 Å². The SMILES string of the molecule is COC(=O)c1cc2c(cc1C)c(C(=Nc1ccc(C(=O)O)cc1)c1ccccc1)c(O)n2C(C)=O. The highest BCUT2D eigenvalue weighted by Gasteiger charge is 2.26. The number of rotatable bonds is 5. The van der Waals surface area contributed by atoms with Crippen LogP contribution >= 0.6 is 0 Å². The molecule has 8 nitrogen and oxygen atoms in total. The summed E-state index contributed by atoms with van der Waals surface area (Å²) in [5, 5.41) is 21.0. The number of ether oxygens (including phenoxy) is 1. The maximum Gasteiger partial charge on any atom is 0.338 e. The molecule has 0 aliphatic heterocycles. The first-order valence-electron chi connectivity index (χ1n) is 10.7. The predicted molar refractivity (Wildman–Crippen MR) is 131 cm³/mol. The number of hydrogen-bond donors (Lipinski definition) is 2. The molecular formula is C27H22N2O6. The quantitative estimate of drug-likeness (QED) is 0.314. The van der Waals surface area contributed by atoms with Crippen LogP contribution in [0.5, 0.6) is 5.88 Å². The number of methoxy groups -OCH3 is 1. The highest BCUT2D eigenvalue weighted by molar-refractivity contribution is 6.23. The van der Waals surface area contributed by atoms with E-state index < -0.39 is 17.8 Å². The standard InChI is InChI=1S/C27H22N2O6/c1-15-13-21-22(14-20(15)27(34)35-3)29(16(2)30)25(31)23(21)24(17-7-5-4-6-8-17)28-19-11-9-18(10-12-19)26(32)33/h4-14,31H,1-3H3,(H,32,33). The fourth-order valence-corrected chi connectivity index (χ4v) is 3.98. The van der Waals surface area contributed by atoms with Crippen molar-refractivity contribution in [3.05, 3.63) is 94.5 Å². The van der Waals surface area contributed by atoms with Crippen molar-refractivity contribution in [3.8, 4) is 5.88 Å². The van der Waals surface area contributed by atoms with E-state index >= 15 is 0 Å². The van der Waals surface area contributed by atoms with Crippen LogP contribution in [-0.2, 0) is 4.74 Å². The molecule has 35 heavy (non-hydrogen) atoms. The van der Waals surface area contributed by atoms with Gasteiger partial charge in [-0.2, -0.15) is 0 Å². The van der Waals surface area contributed by atoms with Gasteiger partial charge in [-0.05, 0) is 48.9 Å². The highest BCUT2D eigenvalue weighted by Crippen LogP contribution is 2.36. The van der Waals surface area contributed by atoms with Crippen LogP contribution in [0.25, 0.3) is 10.9 Å². The van der Waals surface area contributed by atoms with Crippen molar-refractivity contribution < 1.29 is 29.3 Å². The normalized spacial score (nSPS) is 11.5. The Kier molecular flexibility index (Phi) is 6.20. The van der Waals surface area contributed by atoms with Crippen molar-refractivity contribution in [3.63, 3.8) is 0 Å². The van der Waals surface area contributed by atoms with Crippen LogP contribution in [0.4, 0.5) is 5.69 Å². The first-order chi connectivity index (χ1) is 16.7. The van der Waals surface area contributed by atoms with Crippen molar-refractivity contribution in [2.45, 2.75) is 13.8 Å². The summed E-state index contributed by atoms with van der Waals surface area (Å²) >= 11 is 0. The molecule has 0 fully saturated rings. The summed E-state index contributed by atoms with van der Waals surface area (Å²) in [5.41, 5.74) is 3.14. The number of aryl methyl sites for hydroxylation is 1. The van der Waals surface area contributed by atoms with Crippen molar-refractivity contribution in [1.29, 1.82) is 0 Å². The van der Waals surface area contributed by atoms with Gasteiger partial charge >= 0.3 is 11.9 Å². The third-order valence-corrected chi connectivity index (χ3v) is 5.65. The lowest BCUT2D eigenvalue weighted by Crippen LogP contribution is -2.07. The first kappa shape index (κ1) is 23.4. The van der Waals surface area contributed by atoms with Crippen molar-refractivity contribution in [2.75, 3.05) is 7.11 Å². The summed E-state index contributed by atoms with van der Waals surface area (Å²) in [4.78, 5) is 40.8. The molecule has 8 heteroatoms. The number of nitrogens with zero attached hydrogens (tertiary/aromatic N) is 2. The Morgan fingerprint density at radius 3 is 2.17 bits per heavy atom. The fourth-order valence-electron chi connectivity index (χ4n) is 3.98. The van der Waals surface area contributed by atoms with Gasteiger partial charge in [0.15, 0.2) is 0 Å². The third-order valence-electron chi connectivity index (χ3n) is 5.65. The number of benzene rings is 3. The number of esters is 1. The number of carboxylic acids is 1. The monoisotopic (exact) mass is 470 g/mol. The summed E-state index contributed by atoms with van der Waals surface area (Å²) < 4.78 is 5.99. The van der Waals surface area contributed by atoms with Gasteiger partial charge in [-0.25, -0.2) is 14.6 Å². The summed E-state index contributed by atoms with van der Waals surface area (Å²) in [6.45, 7) is 3.05. The largest absolute Gasteiger partial charge is 0.494 e. The Labute approximate surface area is 200 Å². The molecule has 176 valence electrons. The Balaban J connectivity index is 2.05. The van der Waals surface area contributed by atoms with Gasteiger partial charge in [0.25, 0.3) is 0 Å². The zero-order chi connectivity index (χ0) is 25.3. The Hall–Kier alpha value is -4.72. The molecule has 1 heterocycles. The van der Waals surface area contributed by atoms with E-state index in [0.29, 0.717) is 39.0 Å². The van der Waals surface area contributed by atoms with Crippen molar-refractivity contribution in [1.82, 2.24) is 4.57 Å². The second kappa shape index (κ2) is 9.26. The average molecular weight is 470 g/mol. The minimum atomic E-state index is -1.05. The lowest BCUT2D eigenvalue weighted by atomic mass is 9.98. The van der Waals surface area contributed by atoms with E-state index in [2.05, 4.69) is 0 Å². The molecular weight excluding hydrogens is 448 g/mol. The number of carboxylic acid groups (broad SMARTS) is 1. The molecule has 0 saturated heterocycles. The average Bonchev–Trinajstić information content (AvgIpc) is 3.13. The number of carbonyl (C=O) groups is 3. The van der Waals surface area contributed by atoms with Crippen molar-refractivity contribution in [2.24, 2.45) is 4.99 Å². The van der Waals surface area contributed by atoms with Gasteiger partial charge in [0, 0.05) is 17.9 Å². The second-order valence-corrected chi connectivity index (χ2v) is 7.91. The fraction of sp³-hybridized carbons (Fsp3) is 0.111. The van der Waals surface area contributed by atoms with Gasteiger partial charge in [-0.3, -0.25) is 9.36 Å². The molecule has 0 amide bonds. The Bertz CT molecular complexity index is 1500. The molecule has 0 aliphatic rings. The molecule has 4 aromatic rings. The molecule has 1 aromatic heterocycles. The van der Waals surface area contributed by atoms with E-state index in [4.69, 9.17) is 9.73 Å². The van der Waals surface area contributed by atoms with E-state index in [9.17, 15) is 24.6 Å². The smallest absolute Gasteiger partial charge is 0.338 e. The van der Waals surface area contributed by atoms with E-state index in [0.717, 1.165) is 4.57 Å². The molecule has 0 spiro atoms. The predicted octanol–water partition coefficient (Wildman–Crippen LogP) is 4.97. The van der Waals surface area contributed by atoms with Gasteiger partial charge in [0.05, 0.1) is 40.7 Å². The molecule has 0 saturated carbocycles. The maximum atomic E-state index is 12.5. The molecule has 0 bridgehead atoms. The summed E-state index contributed by atoms with van der Waals surface area (Å²) in [7, 11) is 1.27. The van der Waals surface area contributed by atoms with E-state index in [1.807, 2.05) is 30.3 Å². The molecule has 0 atom stereocenters. The number of aromatic hydroxyl groups is 1. The van der Waals surface area contributed by atoms with Gasteiger partial charge in [0.2, 0.25) is 11.8 Å². The lowest BCUT2D eigenvalue weighted by molar-refractivity contribution is 0.0598. The van der Waals surface area contributed by atoms with Gasteiger partial charge in [-0.1, -0.05) is 30.3 Å². The summed E-state index contributed by atoms with van der Waals surface area (Å²) in [5.74, 6) is -2.38. The number of fused-ring (bicyclic) bond motifs is 1. The number of aromatic carboxylic acids is 1. The summed E-state index contributed by atoms with van der Waals surface area (Å²) in [6, 6.07) is 18.3. The van der Waals surface area contributed by atoms with E-state index in [1.54, 1.807) is 25.1 Å². The topological polar surface area (TPSA) is 118 Å². The third kappa shape index (κ3) is 4.29. The van der Waals surface area contributed by atoms with Crippen molar-refractivity contribution >= 4 is 40.1 Å². The molecule has 0 radical (unpaired) electrons. The Morgan fingerprint density at radius 2 is 1.60 bits per heavy atom. The van der Waals surface area contributed by atoms with Crippen LogP contribution in [0.1, 0.15) is 49.1 Å². The van der Waals surface area contributed by atoms with Crippen LogP contribution in [0.2, 0.25) is 0 Å². The van der Waals surface area contributed by atoms with Crippen LogP contribution in [-0.4, -0.2) is 45.4 Å². The van der Waals surface area contributed by atoms with Crippen LogP contribution in [0.15, 0.2) is 71.7 Å². The van der Waals surface area contributed by atoms with Gasteiger partial charge < -0.3 is 14.9 Å². The number of aromatic nitrogens is 1. The number of carbonyl (C=O) groups excluding carboxylic acids is 2. The first-order valence-corrected chi connectivity index (χ1v) is 10.7. The molecule has 2 N–H and O–H groups in total. The zero-order valence-electron chi connectivity index (χ0n) is 19.3. The van der Waals surface area contributed by atoms with Crippen LogP contribution < -0.4 is 0 Å². The van der Waals surface area contributed by atoms with Crippen LogP contribution in [0.3, 0.4) is 0 Å². The second-order valence-electron chi connectivity index (χ2n) is 7.91. The lowest BCUT2D eigenvalue weighted by Gasteiger charge is -2.09. The molecule has 0 unspecified atom stereocenters. The Morgan fingerprint density at radius 1 is 0.943 bits per heavy atom. The van der Waals surface area contributed by atoms with Crippen LogP contribution in [0, 0.1) is 6.92 Å². The molecule has 3 aromatic carbocycles. The van der Waals surface area contributed by atoms with E-state index in [1.165, 1.54) is 32.2 Å². The minimum Gasteiger partial charge on any atom is -0.494 e. The van der Waals surface area contributed by atoms with Gasteiger partial charge in [0.1, 0.15) is 0 Å². The zero-order valence-corrected chi connectivity index (χ0v) is 19.3. The van der Waals surface area contributed by atoms with E-state index in [-0.39, 0.29) is 17.0 Å². The number of aliphatic imine (C=N–C) groups is 1. The molecule has 4 rings (SSSR count). The number of hydrogen-bond acceptors (Lipinski definition) is 6. The minimum absolute atomic E-state index is 0.118. The maximum absolute atomic E-state index is 12.5. The molecule has 0 aliphatic carbocycles.